The van der Waals surface area contributed by atoms with Crippen LogP contribution in [0.25, 0.3) is 0 Å². The summed E-state index contributed by atoms with van der Waals surface area (Å²) in [6.45, 7) is 4.47. The van der Waals surface area contributed by atoms with Gasteiger partial charge in [0, 0.05) is 49.7 Å². The number of ether oxygens (including phenoxy) is 2. The van der Waals surface area contributed by atoms with E-state index in [9.17, 15) is 9.59 Å². The van der Waals surface area contributed by atoms with Crippen LogP contribution in [0.4, 0.5) is 11.4 Å². The van der Waals surface area contributed by atoms with E-state index in [4.69, 9.17) is 9.47 Å². The smallest absolute Gasteiger partial charge is 0.265 e. The number of nitrogens with one attached hydrogen (secondary N) is 2. The van der Waals surface area contributed by atoms with Crippen LogP contribution in [-0.4, -0.2) is 68.6 Å². The summed E-state index contributed by atoms with van der Waals surface area (Å²) in [4.78, 5) is 29.9. The number of hydrogen-bond donors (Lipinski definition) is 2. The van der Waals surface area contributed by atoms with Crippen molar-refractivity contribution in [1.29, 1.82) is 0 Å². The predicted molar refractivity (Wildman–Crippen MR) is 139 cm³/mol. The van der Waals surface area contributed by atoms with Gasteiger partial charge in [-0.15, -0.1) is 11.3 Å². The Hall–Kier alpha value is -3.40. The van der Waals surface area contributed by atoms with E-state index in [0.717, 1.165) is 49.8 Å². The molecule has 0 bridgehead atoms. The molecule has 1 aliphatic rings. The normalized spacial score (nSPS) is 14.3. The Morgan fingerprint density at radius 1 is 0.886 bits per heavy atom. The number of thiophene rings is 1. The zero-order valence-corrected chi connectivity index (χ0v) is 20.8. The van der Waals surface area contributed by atoms with E-state index in [0.29, 0.717) is 22.8 Å². The van der Waals surface area contributed by atoms with Crippen LogP contribution in [0.2, 0.25) is 0 Å². The molecule has 9 heteroatoms. The Balaban J connectivity index is 1.22. The molecule has 184 valence electrons. The molecule has 2 amide bonds. The number of carbonyl (C=O) groups excluding carboxylic acids is 2. The summed E-state index contributed by atoms with van der Waals surface area (Å²) in [5.41, 5.74) is 2.48. The molecule has 1 aromatic heterocycles. The molecular formula is C26H30N4O4S. The minimum absolute atomic E-state index is 0.0525. The van der Waals surface area contributed by atoms with E-state index < -0.39 is 0 Å². The third-order valence-electron chi connectivity index (χ3n) is 5.89. The quantitative estimate of drug-likeness (QED) is 0.471. The van der Waals surface area contributed by atoms with Crippen LogP contribution in [0, 0.1) is 0 Å². The highest BCUT2D eigenvalue weighted by Crippen LogP contribution is 2.25. The van der Waals surface area contributed by atoms with Gasteiger partial charge in [-0.05, 0) is 53.9 Å². The van der Waals surface area contributed by atoms with Gasteiger partial charge in [-0.1, -0.05) is 6.07 Å². The first kappa shape index (κ1) is 24.7. The lowest BCUT2D eigenvalue weighted by molar-refractivity contribution is -0.117. The molecule has 2 N–H and O–H groups in total. The van der Waals surface area contributed by atoms with Crippen molar-refractivity contribution in [2.45, 2.75) is 6.54 Å². The van der Waals surface area contributed by atoms with Crippen LogP contribution in [0.3, 0.4) is 0 Å². The van der Waals surface area contributed by atoms with E-state index in [1.807, 2.05) is 29.6 Å². The van der Waals surface area contributed by atoms with E-state index in [-0.39, 0.29) is 11.8 Å². The molecule has 0 unspecified atom stereocenters. The summed E-state index contributed by atoms with van der Waals surface area (Å²) >= 11 is 1.39. The third kappa shape index (κ3) is 6.82. The van der Waals surface area contributed by atoms with Gasteiger partial charge in [0.15, 0.2) is 0 Å². The summed E-state index contributed by atoms with van der Waals surface area (Å²) in [6, 6.07) is 16.6. The lowest BCUT2D eigenvalue weighted by atomic mass is 10.1. The van der Waals surface area contributed by atoms with Crippen molar-refractivity contribution in [2.24, 2.45) is 0 Å². The van der Waals surface area contributed by atoms with Gasteiger partial charge in [0.05, 0.1) is 25.6 Å². The maximum Gasteiger partial charge on any atom is 0.265 e. The maximum absolute atomic E-state index is 12.6. The molecule has 4 rings (SSSR count). The molecule has 0 saturated carbocycles. The number of piperazine rings is 1. The fourth-order valence-electron chi connectivity index (χ4n) is 3.99. The molecule has 0 aliphatic carbocycles. The summed E-state index contributed by atoms with van der Waals surface area (Å²) in [7, 11) is 3.34. The Kier molecular flexibility index (Phi) is 8.36. The van der Waals surface area contributed by atoms with Gasteiger partial charge in [-0.3, -0.25) is 19.4 Å². The van der Waals surface area contributed by atoms with Crippen molar-refractivity contribution in [1.82, 2.24) is 9.80 Å². The van der Waals surface area contributed by atoms with Gasteiger partial charge in [0.25, 0.3) is 5.91 Å². The second-order valence-electron chi connectivity index (χ2n) is 8.29. The van der Waals surface area contributed by atoms with Gasteiger partial charge < -0.3 is 20.1 Å². The predicted octanol–water partition coefficient (Wildman–Crippen LogP) is 3.77. The van der Waals surface area contributed by atoms with Gasteiger partial charge in [0.2, 0.25) is 5.91 Å². The molecule has 35 heavy (non-hydrogen) atoms. The van der Waals surface area contributed by atoms with Gasteiger partial charge >= 0.3 is 0 Å². The van der Waals surface area contributed by atoms with Gasteiger partial charge in [-0.25, -0.2) is 0 Å². The monoisotopic (exact) mass is 494 g/mol. The molecule has 3 aromatic rings. The molecule has 1 saturated heterocycles. The number of carbonyl (C=O) groups is 2. The molecule has 0 radical (unpaired) electrons. The number of benzene rings is 2. The van der Waals surface area contributed by atoms with Crippen LogP contribution >= 0.6 is 11.3 Å². The molecule has 2 heterocycles. The van der Waals surface area contributed by atoms with E-state index in [2.05, 4.69) is 20.4 Å². The molecular weight excluding hydrogens is 464 g/mol. The maximum atomic E-state index is 12.6. The van der Waals surface area contributed by atoms with Crippen molar-refractivity contribution in [3.63, 3.8) is 0 Å². The molecule has 8 nitrogen and oxygen atoms in total. The van der Waals surface area contributed by atoms with Crippen LogP contribution in [-0.2, 0) is 11.3 Å². The zero-order chi connectivity index (χ0) is 24.6. The Morgan fingerprint density at radius 2 is 1.57 bits per heavy atom. The summed E-state index contributed by atoms with van der Waals surface area (Å²) in [5.74, 6) is 1.47. The van der Waals surface area contributed by atoms with Crippen molar-refractivity contribution in [3.05, 3.63) is 70.4 Å². The minimum Gasteiger partial charge on any atom is -0.497 e. The van der Waals surface area contributed by atoms with E-state index in [1.54, 1.807) is 44.6 Å². The number of anilines is 2. The second-order valence-corrected chi connectivity index (χ2v) is 9.23. The lowest BCUT2D eigenvalue weighted by Crippen LogP contribution is -2.48. The lowest BCUT2D eigenvalue weighted by Gasteiger charge is -2.34. The average Bonchev–Trinajstić information content (AvgIpc) is 3.42. The first-order valence-electron chi connectivity index (χ1n) is 11.4. The topological polar surface area (TPSA) is 83.1 Å². The fraction of sp³-hybridized carbons (Fsp3) is 0.308. The summed E-state index contributed by atoms with van der Waals surface area (Å²) in [6.07, 6.45) is 0. The van der Waals surface area contributed by atoms with Crippen LogP contribution in [0.1, 0.15) is 15.2 Å². The highest BCUT2D eigenvalue weighted by molar-refractivity contribution is 7.12. The number of amides is 2. The van der Waals surface area contributed by atoms with Gasteiger partial charge in [-0.2, -0.15) is 0 Å². The standard InChI is InChI=1S/C26H30N4O4S/c1-33-22-9-10-23(34-2)19(16-22)17-29-11-13-30(14-12-29)18-25(31)27-20-5-7-21(8-6-20)28-26(32)24-4-3-15-35-24/h3-10,15-16H,11-14,17-18H2,1-2H3,(H,27,31)(H,28,32). The van der Waals surface area contributed by atoms with Crippen molar-refractivity contribution >= 4 is 34.5 Å². The Morgan fingerprint density at radius 3 is 2.20 bits per heavy atom. The van der Waals surface area contributed by atoms with E-state index >= 15 is 0 Å². The first-order valence-corrected chi connectivity index (χ1v) is 12.3. The molecule has 1 fully saturated rings. The Labute approximate surface area is 209 Å². The number of rotatable bonds is 9. The Bertz CT molecular complexity index is 1130. The summed E-state index contributed by atoms with van der Waals surface area (Å²) < 4.78 is 10.8. The third-order valence-corrected chi connectivity index (χ3v) is 6.75. The first-order chi connectivity index (χ1) is 17.0. The molecule has 2 aromatic carbocycles. The van der Waals surface area contributed by atoms with Crippen LogP contribution in [0.5, 0.6) is 11.5 Å². The SMILES string of the molecule is COc1ccc(OC)c(CN2CCN(CC(=O)Nc3ccc(NC(=O)c4cccs4)cc3)CC2)c1. The largest absolute Gasteiger partial charge is 0.497 e. The number of hydrogen-bond acceptors (Lipinski definition) is 7. The van der Waals surface area contributed by atoms with Crippen LogP contribution in [0.15, 0.2) is 60.0 Å². The average molecular weight is 495 g/mol. The molecule has 0 spiro atoms. The number of nitrogens with zero attached hydrogens (tertiary/aromatic N) is 2. The minimum atomic E-state index is -0.138. The van der Waals surface area contributed by atoms with Crippen molar-refractivity contribution < 1.29 is 19.1 Å². The second kappa shape index (κ2) is 11.8. The molecule has 0 atom stereocenters. The summed E-state index contributed by atoms with van der Waals surface area (Å²) in [5, 5.41) is 7.66. The van der Waals surface area contributed by atoms with Crippen molar-refractivity contribution in [2.75, 3.05) is 57.6 Å². The van der Waals surface area contributed by atoms with Crippen LogP contribution < -0.4 is 20.1 Å². The highest BCUT2D eigenvalue weighted by Gasteiger charge is 2.20. The van der Waals surface area contributed by atoms with Gasteiger partial charge in [0.1, 0.15) is 11.5 Å². The fourth-order valence-corrected chi connectivity index (χ4v) is 4.61. The van der Waals surface area contributed by atoms with E-state index in [1.165, 1.54) is 11.3 Å². The zero-order valence-electron chi connectivity index (χ0n) is 20.0. The highest BCUT2D eigenvalue weighted by atomic mass is 32.1. The van der Waals surface area contributed by atoms with Crippen molar-refractivity contribution in [3.8, 4) is 11.5 Å². The number of methoxy groups -OCH3 is 2. The molecule has 1 aliphatic heterocycles.